The molecule has 0 aliphatic heterocycles. The number of aromatic nitrogens is 2. The minimum Gasteiger partial charge on any atom is -0.396 e. The molecular formula is C13H14F2N4O. The fourth-order valence-electron chi connectivity index (χ4n) is 1.78. The van der Waals surface area contributed by atoms with Crippen molar-refractivity contribution in [3.63, 3.8) is 0 Å². The van der Waals surface area contributed by atoms with Gasteiger partial charge < -0.3 is 11.1 Å². The number of rotatable bonds is 3. The van der Waals surface area contributed by atoms with E-state index in [-0.39, 0.29) is 6.04 Å². The van der Waals surface area contributed by atoms with Crippen molar-refractivity contribution >= 4 is 17.4 Å². The summed E-state index contributed by atoms with van der Waals surface area (Å²) in [5.74, 6) is -2.10. The average Bonchev–Trinajstić information content (AvgIpc) is 2.81. The first-order chi connectivity index (χ1) is 9.40. The van der Waals surface area contributed by atoms with Crippen molar-refractivity contribution in [2.75, 3.05) is 11.1 Å². The van der Waals surface area contributed by atoms with Crippen molar-refractivity contribution < 1.29 is 13.6 Å². The number of carbonyl (C=O) groups is 1. The van der Waals surface area contributed by atoms with Crippen LogP contribution in [0.1, 0.15) is 30.2 Å². The van der Waals surface area contributed by atoms with Gasteiger partial charge in [0.1, 0.15) is 11.6 Å². The molecule has 7 heteroatoms. The predicted octanol–water partition coefficient (Wildman–Crippen LogP) is 2.58. The lowest BCUT2D eigenvalue weighted by molar-refractivity contribution is 0.102. The van der Waals surface area contributed by atoms with Gasteiger partial charge in [0.25, 0.3) is 5.91 Å². The van der Waals surface area contributed by atoms with E-state index >= 15 is 0 Å². The second-order valence-corrected chi connectivity index (χ2v) is 4.57. The molecule has 1 aromatic heterocycles. The first kappa shape index (κ1) is 14.0. The maximum Gasteiger partial charge on any atom is 0.259 e. The highest BCUT2D eigenvalue weighted by atomic mass is 19.1. The number of hydrogen-bond acceptors (Lipinski definition) is 3. The van der Waals surface area contributed by atoms with E-state index in [1.807, 2.05) is 13.8 Å². The van der Waals surface area contributed by atoms with Crippen LogP contribution in [-0.4, -0.2) is 15.7 Å². The summed E-state index contributed by atoms with van der Waals surface area (Å²) in [5.41, 5.74) is 4.44. The topological polar surface area (TPSA) is 72.9 Å². The summed E-state index contributed by atoms with van der Waals surface area (Å²) in [6, 6.07) is 3.21. The zero-order valence-corrected chi connectivity index (χ0v) is 11.0. The standard InChI is InChI=1S/C13H14F2N4O/c1-7(2)19-11(3-4-17-19)18-13(20)9-5-8(14)6-10(16)12(9)15/h3-7H,16H2,1-2H3,(H,18,20). The van der Waals surface area contributed by atoms with Crippen molar-refractivity contribution in [1.29, 1.82) is 0 Å². The lowest BCUT2D eigenvalue weighted by Crippen LogP contribution is -2.18. The molecular weight excluding hydrogens is 266 g/mol. The number of halogens is 2. The highest BCUT2D eigenvalue weighted by Gasteiger charge is 2.18. The van der Waals surface area contributed by atoms with Crippen LogP contribution in [0.4, 0.5) is 20.3 Å². The molecule has 2 aromatic rings. The molecule has 5 nitrogen and oxygen atoms in total. The van der Waals surface area contributed by atoms with E-state index in [4.69, 9.17) is 5.73 Å². The Morgan fingerprint density at radius 1 is 1.40 bits per heavy atom. The zero-order chi connectivity index (χ0) is 14.9. The molecule has 0 saturated carbocycles. The van der Waals surface area contributed by atoms with Crippen LogP contribution >= 0.6 is 0 Å². The van der Waals surface area contributed by atoms with Crippen molar-refractivity contribution in [2.24, 2.45) is 0 Å². The van der Waals surface area contributed by atoms with Crippen LogP contribution in [0.15, 0.2) is 24.4 Å². The van der Waals surface area contributed by atoms with Gasteiger partial charge in [-0.2, -0.15) is 5.10 Å². The number of nitrogens with one attached hydrogen (secondary N) is 1. The smallest absolute Gasteiger partial charge is 0.259 e. The van der Waals surface area contributed by atoms with Gasteiger partial charge in [-0.1, -0.05) is 0 Å². The Balaban J connectivity index is 2.31. The maximum atomic E-state index is 13.7. The number of nitrogens with zero attached hydrogens (tertiary/aromatic N) is 2. The first-order valence-electron chi connectivity index (χ1n) is 5.99. The molecule has 0 atom stereocenters. The van der Waals surface area contributed by atoms with Crippen LogP contribution < -0.4 is 11.1 Å². The molecule has 0 spiro atoms. The van der Waals surface area contributed by atoms with Crippen LogP contribution in [0.2, 0.25) is 0 Å². The predicted molar refractivity (Wildman–Crippen MR) is 71.3 cm³/mol. The van der Waals surface area contributed by atoms with Crippen LogP contribution in [0.3, 0.4) is 0 Å². The quantitative estimate of drug-likeness (QED) is 0.849. The fraction of sp³-hybridized carbons (Fsp3) is 0.231. The molecule has 1 aromatic carbocycles. The van der Waals surface area contributed by atoms with E-state index in [1.54, 1.807) is 10.7 Å². The van der Waals surface area contributed by atoms with Crippen LogP contribution in [-0.2, 0) is 0 Å². The van der Waals surface area contributed by atoms with Gasteiger partial charge in [0.2, 0.25) is 0 Å². The van der Waals surface area contributed by atoms with Gasteiger partial charge in [-0.05, 0) is 26.0 Å². The van der Waals surface area contributed by atoms with Crippen LogP contribution in [0.25, 0.3) is 0 Å². The van der Waals surface area contributed by atoms with E-state index in [2.05, 4.69) is 10.4 Å². The Hall–Kier alpha value is -2.44. The molecule has 1 heterocycles. The van der Waals surface area contributed by atoms with E-state index in [0.29, 0.717) is 5.82 Å². The normalized spacial score (nSPS) is 10.8. The molecule has 0 aliphatic rings. The molecule has 3 N–H and O–H groups in total. The Labute approximate surface area is 114 Å². The Morgan fingerprint density at radius 2 is 2.10 bits per heavy atom. The minimum absolute atomic E-state index is 0.0164. The fourth-order valence-corrected chi connectivity index (χ4v) is 1.78. The van der Waals surface area contributed by atoms with Gasteiger partial charge in [0.05, 0.1) is 17.4 Å². The van der Waals surface area contributed by atoms with Crippen molar-refractivity contribution in [2.45, 2.75) is 19.9 Å². The summed E-state index contributed by atoms with van der Waals surface area (Å²) in [4.78, 5) is 12.0. The summed E-state index contributed by atoms with van der Waals surface area (Å²) < 4.78 is 28.5. The monoisotopic (exact) mass is 280 g/mol. The number of nitrogen functional groups attached to an aromatic ring is 1. The number of nitrogens with two attached hydrogens (primary N) is 1. The molecule has 20 heavy (non-hydrogen) atoms. The molecule has 0 saturated heterocycles. The second-order valence-electron chi connectivity index (χ2n) is 4.57. The van der Waals surface area contributed by atoms with Gasteiger partial charge >= 0.3 is 0 Å². The first-order valence-corrected chi connectivity index (χ1v) is 5.99. The largest absolute Gasteiger partial charge is 0.396 e. The number of anilines is 2. The maximum absolute atomic E-state index is 13.7. The number of carbonyl (C=O) groups excluding carboxylic acids is 1. The van der Waals surface area contributed by atoms with Crippen molar-refractivity contribution in [3.8, 4) is 0 Å². The SMILES string of the molecule is CC(C)n1nccc1NC(=O)c1cc(F)cc(N)c1F. The van der Waals surface area contributed by atoms with E-state index in [1.165, 1.54) is 6.20 Å². The highest BCUT2D eigenvalue weighted by Crippen LogP contribution is 2.20. The van der Waals surface area contributed by atoms with Crippen LogP contribution in [0, 0.1) is 11.6 Å². The lowest BCUT2D eigenvalue weighted by atomic mass is 10.1. The molecule has 2 rings (SSSR count). The summed E-state index contributed by atoms with van der Waals surface area (Å²) in [7, 11) is 0. The molecule has 0 fully saturated rings. The zero-order valence-electron chi connectivity index (χ0n) is 11.0. The Kier molecular flexibility index (Phi) is 3.69. The Bertz CT molecular complexity index is 652. The van der Waals surface area contributed by atoms with Gasteiger partial charge in [-0.25, -0.2) is 13.5 Å². The van der Waals surface area contributed by atoms with Crippen molar-refractivity contribution in [3.05, 3.63) is 41.6 Å². The van der Waals surface area contributed by atoms with Gasteiger partial charge in [-0.3, -0.25) is 4.79 Å². The summed E-state index contributed by atoms with van der Waals surface area (Å²) in [6.45, 7) is 3.76. The molecule has 1 amide bonds. The molecule has 0 unspecified atom stereocenters. The van der Waals surface area contributed by atoms with E-state index < -0.39 is 28.8 Å². The Morgan fingerprint density at radius 3 is 2.75 bits per heavy atom. The molecule has 0 radical (unpaired) electrons. The molecule has 0 aliphatic carbocycles. The molecule has 0 bridgehead atoms. The third-order valence-corrected chi connectivity index (χ3v) is 2.71. The molecule has 106 valence electrons. The average molecular weight is 280 g/mol. The third-order valence-electron chi connectivity index (χ3n) is 2.71. The van der Waals surface area contributed by atoms with Crippen molar-refractivity contribution in [1.82, 2.24) is 9.78 Å². The third kappa shape index (κ3) is 2.61. The number of benzene rings is 1. The van der Waals surface area contributed by atoms with Crippen LogP contribution in [0.5, 0.6) is 0 Å². The number of amides is 1. The summed E-state index contributed by atoms with van der Waals surface area (Å²) in [5, 5.41) is 6.51. The highest BCUT2D eigenvalue weighted by molar-refractivity contribution is 6.04. The van der Waals surface area contributed by atoms with E-state index in [9.17, 15) is 13.6 Å². The van der Waals surface area contributed by atoms with E-state index in [0.717, 1.165) is 12.1 Å². The number of hydrogen-bond donors (Lipinski definition) is 2. The minimum atomic E-state index is -0.945. The summed E-state index contributed by atoms with van der Waals surface area (Å²) in [6.07, 6.45) is 1.51. The lowest BCUT2D eigenvalue weighted by Gasteiger charge is -2.12. The van der Waals surface area contributed by atoms with Gasteiger partial charge in [0, 0.05) is 12.1 Å². The summed E-state index contributed by atoms with van der Waals surface area (Å²) >= 11 is 0. The second kappa shape index (κ2) is 5.28. The van der Waals surface area contributed by atoms with Gasteiger partial charge in [-0.15, -0.1) is 0 Å². The van der Waals surface area contributed by atoms with Gasteiger partial charge in [0.15, 0.2) is 5.82 Å².